The molecule has 0 saturated heterocycles. The van der Waals surface area contributed by atoms with Gasteiger partial charge in [0.25, 0.3) is 0 Å². The number of pyridine rings is 1. The molecule has 6 heteroatoms. The third-order valence-electron chi connectivity index (χ3n) is 3.02. The summed E-state index contributed by atoms with van der Waals surface area (Å²) >= 11 is 6.16. The van der Waals surface area contributed by atoms with E-state index >= 15 is 0 Å². The molecular weight excluding hydrogens is 274 g/mol. The maximum absolute atomic E-state index is 6.16. The number of benzene rings is 1. The van der Waals surface area contributed by atoms with Crippen molar-refractivity contribution in [1.82, 2.24) is 25.3 Å². The molecule has 0 atom stereocenters. The molecular formula is C14H14ClN5. The minimum absolute atomic E-state index is 0.635. The van der Waals surface area contributed by atoms with Gasteiger partial charge in [0.2, 0.25) is 0 Å². The van der Waals surface area contributed by atoms with Gasteiger partial charge in [-0.3, -0.25) is 0 Å². The first-order chi connectivity index (χ1) is 9.79. The lowest BCUT2D eigenvalue weighted by Gasteiger charge is -2.07. The van der Waals surface area contributed by atoms with Crippen molar-refractivity contribution < 1.29 is 0 Å². The first-order valence-electron chi connectivity index (χ1n) is 6.46. The molecule has 0 unspecified atom stereocenters. The summed E-state index contributed by atoms with van der Waals surface area (Å²) in [5, 5.41) is 12.2. The Hall–Kier alpha value is -1.98. The fraction of sp³-hybridized carbons (Fsp3) is 0.214. The molecule has 1 aromatic carbocycles. The van der Waals surface area contributed by atoms with Crippen molar-refractivity contribution >= 4 is 22.6 Å². The van der Waals surface area contributed by atoms with Crippen molar-refractivity contribution in [3.63, 3.8) is 0 Å². The minimum Gasteiger partial charge on any atom is -0.311 e. The van der Waals surface area contributed by atoms with Crippen LogP contribution in [0.1, 0.15) is 12.6 Å². The van der Waals surface area contributed by atoms with E-state index in [1.807, 2.05) is 43.3 Å². The van der Waals surface area contributed by atoms with Gasteiger partial charge in [-0.25, -0.2) is 4.98 Å². The number of fused-ring (bicyclic) bond motifs is 1. The summed E-state index contributed by atoms with van der Waals surface area (Å²) in [5.74, 6) is 0.719. The lowest BCUT2D eigenvalue weighted by Crippen LogP contribution is -2.14. The van der Waals surface area contributed by atoms with Gasteiger partial charge < -0.3 is 5.32 Å². The van der Waals surface area contributed by atoms with Crippen LogP contribution in [0.2, 0.25) is 5.02 Å². The molecule has 20 heavy (non-hydrogen) atoms. The van der Waals surface area contributed by atoms with Crippen LogP contribution >= 0.6 is 11.6 Å². The number of hydrogen-bond acceptors (Lipinski definition) is 4. The molecule has 1 N–H and O–H groups in total. The van der Waals surface area contributed by atoms with Crippen LogP contribution in [0.25, 0.3) is 16.9 Å². The van der Waals surface area contributed by atoms with Crippen molar-refractivity contribution in [2.75, 3.05) is 6.54 Å². The van der Waals surface area contributed by atoms with Crippen LogP contribution < -0.4 is 5.32 Å². The van der Waals surface area contributed by atoms with Crippen LogP contribution in [-0.2, 0) is 6.54 Å². The Morgan fingerprint density at radius 2 is 2.05 bits per heavy atom. The fourth-order valence-corrected chi connectivity index (χ4v) is 2.17. The van der Waals surface area contributed by atoms with Gasteiger partial charge >= 0.3 is 0 Å². The normalized spacial score (nSPS) is 11.1. The van der Waals surface area contributed by atoms with E-state index in [4.69, 9.17) is 11.6 Å². The van der Waals surface area contributed by atoms with Gasteiger partial charge in [0.05, 0.1) is 16.2 Å². The average molecular weight is 288 g/mol. The van der Waals surface area contributed by atoms with Gasteiger partial charge in [-0.15, -0.1) is 5.10 Å². The van der Waals surface area contributed by atoms with Crippen molar-refractivity contribution in [2.45, 2.75) is 13.5 Å². The Morgan fingerprint density at radius 1 is 1.20 bits per heavy atom. The van der Waals surface area contributed by atoms with E-state index < -0.39 is 0 Å². The molecule has 102 valence electrons. The summed E-state index contributed by atoms with van der Waals surface area (Å²) in [6.07, 6.45) is 0. The minimum atomic E-state index is 0.635. The van der Waals surface area contributed by atoms with E-state index in [1.165, 1.54) is 0 Å². The van der Waals surface area contributed by atoms with Crippen LogP contribution in [0.3, 0.4) is 0 Å². The second-order valence-electron chi connectivity index (χ2n) is 4.37. The molecule has 5 nitrogen and oxygen atoms in total. The van der Waals surface area contributed by atoms with Crippen molar-refractivity contribution in [3.8, 4) is 5.82 Å². The van der Waals surface area contributed by atoms with Gasteiger partial charge in [0.15, 0.2) is 5.82 Å². The summed E-state index contributed by atoms with van der Waals surface area (Å²) in [6, 6.07) is 11.5. The molecule has 0 amide bonds. The average Bonchev–Trinajstić information content (AvgIpc) is 2.90. The lowest BCUT2D eigenvalue weighted by atomic mass is 10.3. The maximum Gasteiger partial charge on any atom is 0.156 e. The fourth-order valence-electron chi connectivity index (χ4n) is 2.00. The zero-order valence-corrected chi connectivity index (χ0v) is 11.8. The van der Waals surface area contributed by atoms with Gasteiger partial charge in [0, 0.05) is 6.54 Å². The van der Waals surface area contributed by atoms with Crippen molar-refractivity contribution in [3.05, 3.63) is 47.1 Å². The third-order valence-corrected chi connectivity index (χ3v) is 3.36. The Kier molecular flexibility index (Phi) is 3.62. The Bertz CT molecular complexity index is 737. The van der Waals surface area contributed by atoms with Gasteiger partial charge in [0.1, 0.15) is 5.52 Å². The van der Waals surface area contributed by atoms with Crippen LogP contribution in [0.4, 0.5) is 0 Å². The molecule has 0 radical (unpaired) electrons. The third kappa shape index (κ3) is 2.37. The molecule has 2 aromatic heterocycles. The van der Waals surface area contributed by atoms with Crippen LogP contribution in [-0.4, -0.2) is 26.5 Å². The summed E-state index contributed by atoms with van der Waals surface area (Å²) in [5.41, 5.74) is 2.58. The van der Waals surface area contributed by atoms with Crippen LogP contribution in [0, 0.1) is 0 Å². The zero-order chi connectivity index (χ0) is 13.9. The highest BCUT2D eigenvalue weighted by Crippen LogP contribution is 2.19. The Labute approximate surface area is 121 Å². The number of halogens is 1. The maximum atomic E-state index is 6.16. The highest BCUT2D eigenvalue weighted by molar-refractivity contribution is 6.31. The van der Waals surface area contributed by atoms with Crippen molar-refractivity contribution in [1.29, 1.82) is 0 Å². The molecule has 0 aliphatic carbocycles. The van der Waals surface area contributed by atoms with E-state index in [2.05, 4.69) is 20.6 Å². The smallest absolute Gasteiger partial charge is 0.156 e. The standard InChI is InChI=1S/C14H14ClN5/c1-2-16-9-12-10(15)7-8-14(17-12)20-13-6-4-3-5-11(13)18-19-20/h3-8,16H,2,9H2,1H3. The number of nitrogens with one attached hydrogen (secondary N) is 1. The largest absolute Gasteiger partial charge is 0.311 e. The predicted octanol–water partition coefficient (Wildman–Crippen LogP) is 2.58. The van der Waals surface area contributed by atoms with Gasteiger partial charge in [-0.2, -0.15) is 4.68 Å². The molecule has 0 bridgehead atoms. The Balaban J connectivity index is 2.05. The number of para-hydroxylation sites is 1. The van der Waals surface area contributed by atoms with Crippen molar-refractivity contribution in [2.24, 2.45) is 0 Å². The molecule has 0 aliphatic heterocycles. The molecule has 3 rings (SSSR count). The second-order valence-corrected chi connectivity index (χ2v) is 4.78. The van der Waals surface area contributed by atoms with Crippen LogP contribution in [0.5, 0.6) is 0 Å². The molecule has 0 saturated carbocycles. The van der Waals surface area contributed by atoms with E-state index in [0.717, 1.165) is 29.1 Å². The highest BCUT2D eigenvalue weighted by Gasteiger charge is 2.09. The van der Waals surface area contributed by atoms with Gasteiger partial charge in [-0.05, 0) is 30.8 Å². The van der Waals surface area contributed by atoms with E-state index in [9.17, 15) is 0 Å². The number of nitrogens with zero attached hydrogens (tertiary/aromatic N) is 4. The quantitative estimate of drug-likeness (QED) is 0.801. The topological polar surface area (TPSA) is 55.6 Å². The van der Waals surface area contributed by atoms with Crippen LogP contribution in [0.15, 0.2) is 36.4 Å². The molecule has 2 heterocycles. The first-order valence-corrected chi connectivity index (χ1v) is 6.84. The lowest BCUT2D eigenvalue weighted by molar-refractivity contribution is 0.703. The first kappa shape index (κ1) is 13.0. The molecule has 0 aliphatic rings. The summed E-state index contributed by atoms with van der Waals surface area (Å²) < 4.78 is 1.72. The summed E-state index contributed by atoms with van der Waals surface area (Å²) in [4.78, 5) is 4.57. The molecule has 0 spiro atoms. The molecule has 3 aromatic rings. The summed E-state index contributed by atoms with van der Waals surface area (Å²) in [6.45, 7) is 3.55. The number of aromatic nitrogens is 4. The SMILES string of the molecule is CCNCc1nc(-n2nnc3ccccc32)ccc1Cl. The predicted molar refractivity (Wildman–Crippen MR) is 79.1 cm³/mol. The highest BCUT2D eigenvalue weighted by atomic mass is 35.5. The van der Waals surface area contributed by atoms with Gasteiger partial charge in [-0.1, -0.05) is 35.9 Å². The summed E-state index contributed by atoms with van der Waals surface area (Å²) in [7, 11) is 0. The monoisotopic (exact) mass is 287 g/mol. The molecule has 0 fully saturated rings. The second kappa shape index (κ2) is 5.56. The van der Waals surface area contributed by atoms with E-state index in [0.29, 0.717) is 11.6 Å². The number of rotatable bonds is 4. The van der Waals surface area contributed by atoms with E-state index in [1.54, 1.807) is 4.68 Å². The number of hydrogen-bond donors (Lipinski definition) is 1. The van der Waals surface area contributed by atoms with E-state index in [-0.39, 0.29) is 0 Å². The Morgan fingerprint density at radius 3 is 2.90 bits per heavy atom. The zero-order valence-electron chi connectivity index (χ0n) is 11.0.